The van der Waals surface area contributed by atoms with Crippen molar-refractivity contribution in [1.82, 2.24) is 10.3 Å². The van der Waals surface area contributed by atoms with E-state index in [-0.39, 0.29) is 0 Å². The molecule has 3 nitrogen and oxygen atoms in total. The third kappa shape index (κ3) is 2.93. The lowest BCUT2D eigenvalue weighted by atomic mass is 10.2. The summed E-state index contributed by atoms with van der Waals surface area (Å²) in [5.41, 5.74) is 2.05. The van der Waals surface area contributed by atoms with Crippen molar-refractivity contribution >= 4 is 11.3 Å². The number of rotatable bonds is 5. The fourth-order valence-corrected chi connectivity index (χ4v) is 2.18. The van der Waals surface area contributed by atoms with Crippen LogP contribution in [0.3, 0.4) is 0 Å². The van der Waals surface area contributed by atoms with Crippen molar-refractivity contribution < 1.29 is 4.42 Å². The van der Waals surface area contributed by atoms with E-state index in [9.17, 15) is 0 Å². The van der Waals surface area contributed by atoms with Crippen LogP contribution >= 0.6 is 11.3 Å². The largest absolute Gasteiger partial charge is 0.472 e. The van der Waals surface area contributed by atoms with Crippen LogP contribution in [0.4, 0.5) is 0 Å². The first kappa shape index (κ1) is 11.4. The molecule has 0 aliphatic heterocycles. The Kier molecular flexibility index (Phi) is 3.74. The number of nitrogens with zero attached hydrogens (tertiary/aromatic N) is 1. The van der Waals surface area contributed by atoms with Crippen LogP contribution in [0.1, 0.15) is 18.9 Å². The zero-order valence-corrected chi connectivity index (χ0v) is 10.4. The van der Waals surface area contributed by atoms with E-state index in [0.717, 1.165) is 29.4 Å². The minimum absolute atomic E-state index is 0.674. The minimum atomic E-state index is 0.674. The summed E-state index contributed by atoms with van der Waals surface area (Å²) >= 11 is 1.68. The predicted molar refractivity (Wildman–Crippen MR) is 66.4 cm³/mol. The first-order valence-corrected chi connectivity index (χ1v) is 6.31. The van der Waals surface area contributed by atoms with Crippen LogP contribution in [0.15, 0.2) is 28.4 Å². The maximum Gasteiger partial charge on any atom is 0.107 e. The van der Waals surface area contributed by atoms with Crippen molar-refractivity contribution in [3.05, 3.63) is 29.0 Å². The number of aromatic nitrogens is 1. The molecule has 0 amide bonds. The molecule has 2 aromatic rings. The van der Waals surface area contributed by atoms with Crippen molar-refractivity contribution in [1.29, 1.82) is 0 Å². The van der Waals surface area contributed by atoms with E-state index in [2.05, 4.69) is 29.5 Å². The highest BCUT2D eigenvalue weighted by Crippen LogP contribution is 2.21. The molecule has 86 valence electrons. The molecule has 16 heavy (non-hydrogen) atoms. The summed E-state index contributed by atoms with van der Waals surface area (Å²) in [7, 11) is 0. The molecule has 2 aromatic heterocycles. The van der Waals surface area contributed by atoms with Gasteiger partial charge in [-0.15, -0.1) is 11.3 Å². The Morgan fingerprint density at radius 1 is 1.50 bits per heavy atom. The van der Waals surface area contributed by atoms with Gasteiger partial charge in [-0.05, 0) is 18.5 Å². The summed E-state index contributed by atoms with van der Waals surface area (Å²) in [5, 5.41) is 6.57. The topological polar surface area (TPSA) is 38.1 Å². The first-order chi connectivity index (χ1) is 7.75. The zero-order valence-electron chi connectivity index (χ0n) is 9.56. The highest BCUT2D eigenvalue weighted by atomic mass is 32.1. The highest BCUT2D eigenvalue weighted by Gasteiger charge is 2.05. The van der Waals surface area contributed by atoms with Gasteiger partial charge in [0.05, 0.1) is 18.2 Å². The third-order valence-corrected chi connectivity index (χ3v) is 3.05. The Morgan fingerprint density at radius 2 is 2.38 bits per heavy atom. The maximum atomic E-state index is 5.04. The Hall–Kier alpha value is -1.13. The van der Waals surface area contributed by atoms with Gasteiger partial charge in [-0.25, -0.2) is 4.98 Å². The minimum Gasteiger partial charge on any atom is -0.472 e. The van der Waals surface area contributed by atoms with Gasteiger partial charge in [0.2, 0.25) is 0 Å². The lowest BCUT2D eigenvalue weighted by molar-refractivity contribution is 0.551. The number of thiazole rings is 1. The molecule has 0 saturated heterocycles. The predicted octanol–water partition coefficient (Wildman–Crippen LogP) is 3.15. The van der Waals surface area contributed by atoms with E-state index in [1.54, 1.807) is 23.9 Å². The second-order valence-electron chi connectivity index (χ2n) is 4.16. The van der Waals surface area contributed by atoms with Gasteiger partial charge in [0.25, 0.3) is 0 Å². The molecule has 0 aromatic carbocycles. The molecule has 0 radical (unpaired) electrons. The second kappa shape index (κ2) is 5.27. The summed E-state index contributed by atoms with van der Waals surface area (Å²) < 4.78 is 5.04. The fourth-order valence-electron chi connectivity index (χ4n) is 1.40. The maximum absolute atomic E-state index is 5.04. The summed E-state index contributed by atoms with van der Waals surface area (Å²) in [4.78, 5) is 4.55. The SMILES string of the molecule is CC(C)CNCc1nc(-c2ccoc2)cs1. The third-order valence-electron chi connectivity index (χ3n) is 2.20. The van der Waals surface area contributed by atoms with E-state index in [0.29, 0.717) is 5.92 Å². The molecule has 0 saturated carbocycles. The van der Waals surface area contributed by atoms with Gasteiger partial charge in [-0.1, -0.05) is 13.8 Å². The van der Waals surface area contributed by atoms with Gasteiger partial charge in [-0.3, -0.25) is 0 Å². The molecule has 1 N–H and O–H groups in total. The molecule has 0 unspecified atom stereocenters. The quantitative estimate of drug-likeness (QED) is 0.866. The normalized spacial score (nSPS) is 11.2. The van der Waals surface area contributed by atoms with Crippen molar-refractivity contribution in [2.75, 3.05) is 6.54 Å². The highest BCUT2D eigenvalue weighted by molar-refractivity contribution is 7.09. The molecule has 4 heteroatoms. The average molecular weight is 236 g/mol. The lowest BCUT2D eigenvalue weighted by Gasteiger charge is -2.04. The van der Waals surface area contributed by atoms with Gasteiger partial charge in [0, 0.05) is 17.5 Å². The van der Waals surface area contributed by atoms with E-state index < -0.39 is 0 Å². The van der Waals surface area contributed by atoms with Crippen LogP contribution in [0.5, 0.6) is 0 Å². The Balaban J connectivity index is 1.93. The Bertz CT molecular complexity index is 420. The smallest absolute Gasteiger partial charge is 0.107 e. The van der Waals surface area contributed by atoms with Crippen molar-refractivity contribution in [2.45, 2.75) is 20.4 Å². The molecule has 0 atom stereocenters. The molecule has 0 aliphatic carbocycles. The number of nitrogens with one attached hydrogen (secondary N) is 1. The van der Waals surface area contributed by atoms with Gasteiger partial charge < -0.3 is 9.73 Å². The second-order valence-corrected chi connectivity index (χ2v) is 5.11. The van der Waals surface area contributed by atoms with Crippen molar-refractivity contribution in [3.63, 3.8) is 0 Å². The molecule has 2 rings (SSSR count). The Morgan fingerprint density at radius 3 is 3.06 bits per heavy atom. The molecular formula is C12H16N2OS. The van der Waals surface area contributed by atoms with E-state index in [4.69, 9.17) is 4.42 Å². The van der Waals surface area contributed by atoms with Crippen LogP contribution in [-0.4, -0.2) is 11.5 Å². The van der Waals surface area contributed by atoms with Gasteiger partial charge in [0.1, 0.15) is 5.01 Å². The van der Waals surface area contributed by atoms with E-state index >= 15 is 0 Å². The summed E-state index contributed by atoms with van der Waals surface area (Å²) in [6, 6.07) is 1.93. The van der Waals surface area contributed by atoms with E-state index in [1.165, 1.54) is 0 Å². The van der Waals surface area contributed by atoms with Gasteiger partial charge in [-0.2, -0.15) is 0 Å². The molecule has 2 heterocycles. The average Bonchev–Trinajstić information content (AvgIpc) is 2.85. The number of hydrogen-bond acceptors (Lipinski definition) is 4. The summed E-state index contributed by atoms with van der Waals surface area (Å²) in [5.74, 6) is 0.674. The fraction of sp³-hybridized carbons (Fsp3) is 0.417. The van der Waals surface area contributed by atoms with Crippen LogP contribution < -0.4 is 5.32 Å². The molecule has 0 aliphatic rings. The van der Waals surface area contributed by atoms with Crippen molar-refractivity contribution in [3.8, 4) is 11.3 Å². The monoisotopic (exact) mass is 236 g/mol. The standard InChI is InChI=1S/C12H16N2OS/c1-9(2)5-13-6-12-14-11(8-16-12)10-3-4-15-7-10/h3-4,7-9,13H,5-6H2,1-2H3. The van der Waals surface area contributed by atoms with Gasteiger partial charge >= 0.3 is 0 Å². The van der Waals surface area contributed by atoms with Crippen LogP contribution in [-0.2, 0) is 6.54 Å². The number of hydrogen-bond donors (Lipinski definition) is 1. The van der Waals surface area contributed by atoms with E-state index in [1.807, 2.05) is 6.07 Å². The Labute approximate surface area is 99.5 Å². The number of furan rings is 1. The van der Waals surface area contributed by atoms with Crippen LogP contribution in [0, 0.1) is 5.92 Å². The van der Waals surface area contributed by atoms with Gasteiger partial charge in [0.15, 0.2) is 0 Å². The summed E-state index contributed by atoms with van der Waals surface area (Å²) in [6.07, 6.45) is 3.39. The first-order valence-electron chi connectivity index (χ1n) is 5.43. The molecule has 0 bridgehead atoms. The molecule has 0 spiro atoms. The van der Waals surface area contributed by atoms with Crippen molar-refractivity contribution in [2.24, 2.45) is 5.92 Å². The molecular weight excluding hydrogens is 220 g/mol. The van der Waals surface area contributed by atoms with Crippen LogP contribution in [0.2, 0.25) is 0 Å². The van der Waals surface area contributed by atoms with Crippen LogP contribution in [0.25, 0.3) is 11.3 Å². The zero-order chi connectivity index (χ0) is 11.4. The molecule has 0 fully saturated rings. The lowest BCUT2D eigenvalue weighted by Crippen LogP contribution is -2.18. The summed E-state index contributed by atoms with van der Waals surface area (Å²) in [6.45, 7) is 6.28.